The van der Waals surface area contributed by atoms with Crippen molar-refractivity contribution in [3.05, 3.63) is 35.4 Å². The fourth-order valence-electron chi connectivity index (χ4n) is 3.15. The number of likely N-dealkylation sites (N-methyl/N-ethyl adjacent to an activating group) is 1. The molecule has 4 nitrogen and oxygen atoms in total. The van der Waals surface area contributed by atoms with Crippen LogP contribution in [0.5, 0.6) is 0 Å². The van der Waals surface area contributed by atoms with Crippen molar-refractivity contribution in [2.75, 3.05) is 33.9 Å². The van der Waals surface area contributed by atoms with E-state index in [9.17, 15) is 0 Å². The number of hydrogen-bond donors (Lipinski definition) is 1. The second-order valence-electron chi connectivity index (χ2n) is 6.15. The van der Waals surface area contributed by atoms with E-state index in [-0.39, 0.29) is 6.10 Å². The largest absolute Gasteiger partial charge is 0.380 e. The van der Waals surface area contributed by atoms with Crippen LogP contribution in [0.4, 0.5) is 0 Å². The Balaban J connectivity index is 1.80. The first-order valence-corrected chi connectivity index (χ1v) is 7.91. The Labute approximate surface area is 127 Å². The van der Waals surface area contributed by atoms with Crippen molar-refractivity contribution >= 4 is 0 Å². The molecule has 2 atom stereocenters. The Morgan fingerprint density at radius 1 is 1.33 bits per heavy atom. The zero-order valence-corrected chi connectivity index (χ0v) is 13.0. The lowest BCUT2D eigenvalue weighted by Crippen LogP contribution is -2.48. The molecular weight excluding hydrogens is 264 g/mol. The van der Waals surface area contributed by atoms with Gasteiger partial charge in [0.2, 0.25) is 0 Å². The predicted molar refractivity (Wildman–Crippen MR) is 83.3 cm³/mol. The van der Waals surface area contributed by atoms with Crippen molar-refractivity contribution in [1.82, 2.24) is 10.2 Å². The molecule has 0 aromatic heterocycles. The molecule has 1 saturated carbocycles. The van der Waals surface area contributed by atoms with Gasteiger partial charge in [-0.1, -0.05) is 24.3 Å². The molecule has 0 radical (unpaired) electrons. The highest BCUT2D eigenvalue weighted by Gasteiger charge is 2.34. The van der Waals surface area contributed by atoms with E-state index in [1.165, 1.54) is 24.0 Å². The summed E-state index contributed by atoms with van der Waals surface area (Å²) >= 11 is 0. The molecule has 1 aromatic rings. The molecule has 0 bridgehead atoms. The molecule has 4 heteroatoms. The summed E-state index contributed by atoms with van der Waals surface area (Å²) in [6, 6.07) is 9.59. The van der Waals surface area contributed by atoms with E-state index in [0.29, 0.717) is 12.6 Å². The Bertz CT molecular complexity index is 462. The van der Waals surface area contributed by atoms with E-state index in [4.69, 9.17) is 9.47 Å². The summed E-state index contributed by atoms with van der Waals surface area (Å²) in [6.07, 6.45) is 2.84. The minimum absolute atomic E-state index is 0.211. The summed E-state index contributed by atoms with van der Waals surface area (Å²) in [4.78, 5) is 2.41. The van der Waals surface area contributed by atoms with Gasteiger partial charge in [-0.15, -0.1) is 0 Å². The number of benzene rings is 1. The van der Waals surface area contributed by atoms with Crippen LogP contribution in [-0.4, -0.2) is 50.9 Å². The molecule has 0 spiro atoms. The van der Waals surface area contributed by atoms with Crippen LogP contribution >= 0.6 is 0 Å². The highest BCUT2D eigenvalue weighted by molar-refractivity contribution is 5.31. The lowest BCUT2D eigenvalue weighted by molar-refractivity contribution is -0.0620. The number of nitrogens with one attached hydrogen (secondary N) is 1. The molecule has 1 aliphatic heterocycles. The lowest BCUT2D eigenvalue weighted by atomic mass is 9.94. The van der Waals surface area contributed by atoms with E-state index in [2.05, 4.69) is 41.5 Å². The predicted octanol–water partition coefficient (Wildman–Crippen LogP) is 1.96. The second kappa shape index (κ2) is 6.88. The molecule has 1 heterocycles. The van der Waals surface area contributed by atoms with Gasteiger partial charge in [0.15, 0.2) is 0 Å². The first-order valence-electron chi connectivity index (χ1n) is 7.91. The summed E-state index contributed by atoms with van der Waals surface area (Å²) < 4.78 is 11.4. The van der Waals surface area contributed by atoms with Gasteiger partial charge in [-0.2, -0.15) is 0 Å². The van der Waals surface area contributed by atoms with Gasteiger partial charge in [-0.25, -0.2) is 0 Å². The van der Waals surface area contributed by atoms with Crippen LogP contribution in [0.1, 0.15) is 30.0 Å². The van der Waals surface area contributed by atoms with Crippen LogP contribution in [0.3, 0.4) is 0 Å². The van der Waals surface area contributed by atoms with Crippen molar-refractivity contribution in [1.29, 1.82) is 0 Å². The normalized spacial score (nSPS) is 27.0. The van der Waals surface area contributed by atoms with Gasteiger partial charge >= 0.3 is 0 Å². The zero-order chi connectivity index (χ0) is 14.7. The summed E-state index contributed by atoms with van der Waals surface area (Å²) in [7, 11) is 3.95. The van der Waals surface area contributed by atoms with Crippen LogP contribution in [0.25, 0.3) is 0 Å². The minimum Gasteiger partial charge on any atom is -0.380 e. The molecule has 2 unspecified atom stereocenters. The first kappa shape index (κ1) is 15.0. The topological polar surface area (TPSA) is 33.7 Å². The molecule has 0 amide bonds. The van der Waals surface area contributed by atoms with Gasteiger partial charge in [0.25, 0.3) is 0 Å². The summed E-state index contributed by atoms with van der Waals surface area (Å²) in [5.41, 5.74) is 2.60. The van der Waals surface area contributed by atoms with Crippen LogP contribution in [0, 0.1) is 0 Å². The van der Waals surface area contributed by atoms with E-state index < -0.39 is 0 Å². The van der Waals surface area contributed by atoms with Crippen molar-refractivity contribution in [2.45, 2.75) is 37.6 Å². The second-order valence-corrected chi connectivity index (χ2v) is 6.15. The van der Waals surface area contributed by atoms with E-state index >= 15 is 0 Å². The van der Waals surface area contributed by atoms with Crippen LogP contribution < -0.4 is 5.32 Å². The zero-order valence-electron chi connectivity index (χ0n) is 13.0. The number of nitrogens with zero attached hydrogens (tertiary/aromatic N) is 1. The van der Waals surface area contributed by atoms with Gasteiger partial charge < -0.3 is 14.8 Å². The molecule has 21 heavy (non-hydrogen) atoms. The molecule has 2 fully saturated rings. The van der Waals surface area contributed by atoms with Gasteiger partial charge in [-0.3, -0.25) is 4.90 Å². The van der Waals surface area contributed by atoms with Crippen molar-refractivity contribution in [3.8, 4) is 0 Å². The molecule has 1 aromatic carbocycles. The molecule has 1 N–H and O–H groups in total. The Kier molecular flexibility index (Phi) is 4.91. The fraction of sp³-hybridized carbons (Fsp3) is 0.647. The van der Waals surface area contributed by atoms with E-state index in [1.54, 1.807) is 7.11 Å². The monoisotopic (exact) mass is 290 g/mol. The quantitative estimate of drug-likeness (QED) is 0.868. The maximum Gasteiger partial charge on any atom is 0.0896 e. The maximum absolute atomic E-state index is 6.08. The summed E-state index contributed by atoms with van der Waals surface area (Å²) in [6.45, 7) is 3.38. The average molecular weight is 290 g/mol. The SMILES string of the molecule is COCc1ccccc1C1C(CNC2CC2)OCCN1C. The molecule has 1 saturated heterocycles. The number of morpholine rings is 1. The minimum atomic E-state index is 0.211. The Morgan fingerprint density at radius 2 is 2.14 bits per heavy atom. The number of hydrogen-bond acceptors (Lipinski definition) is 4. The first-order chi connectivity index (χ1) is 10.3. The van der Waals surface area contributed by atoms with Crippen LogP contribution in [0.2, 0.25) is 0 Å². The Morgan fingerprint density at radius 3 is 2.90 bits per heavy atom. The van der Waals surface area contributed by atoms with E-state index in [0.717, 1.165) is 25.7 Å². The number of methoxy groups -OCH3 is 1. The smallest absolute Gasteiger partial charge is 0.0896 e. The summed E-state index contributed by atoms with van der Waals surface area (Å²) in [5.74, 6) is 0. The third-order valence-corrected chi connectivity index (χ3v) is 4.46. The number of ether oxygens (including phenoxy) is 2. The third kappa shape index (κ3) is 3.64. The van der Waals surface area contributed by atoms with Gasteiger partial charge in [-0.05, 0) is 31.0 Å². The molecule has 116 valence electrons. The average Bonchev–Trinajstić information content (AvgIpc) is 3.31. The van der Waals surface area contributed by atoms with Crippen LogP contribution in [0.15, 0.2) is 24.3 Å². The lowest BCUT2D eigenvalue weighted by Gasteiger charge is -2.40. The molecule has 1 aliphatic carbocycles. The Hall–Kier alpha value is -0.940. The van der Waals surface area contributed by atoms with Gasteiger partial charge in [0.1, 0.15) is 0 Å². The highest BCUT2D eigenvalue weighted by Crippen LogP contribution is 2.31. The van der Waals surface area contributed by atoms with E-state index in [1.807, 2.05) is 0 Å². The standard InChI is InChI=1S/C17H26N2O2/c1-19-9-10-21-16(11-18-14-7-8-14)17(19)15-6-4-3-5-13(15)12-20-2/h3-6,14,16-18H,7-12H2,1-2H3. The maximum atomic E-state index is 6.08. The number of rotatable bonds is 6. The van der Waals surface area contributed by atoms with Gasteiger partial charge in [0.05, 0.1) is 25.4 Å². The molecule has 3 rings (SSSR count). The van der Waals surface area contributed by atoms with Crippen molar-refractivity contribution < 1.29 is 9.47 Å². The van der Waals surface area contributed by atoms with Crippen LogP contribution in [-0.2, 0) is 16.1 Å². The molecular formula is C17H26N2O2. The molecule has 2 aliphatic rings. The highest BCUT2D eigenvalue weighted by atomic mass is 16.5. The van der Waals surface area contributed by atoms with Gasteiger partial charge in [0, 0.05) is 26.2 Å². The van der Waals surface area contributed by atoms with Crippen molar-refractivity contribution in [3.63, 3.8) is 0 Å². The van der Waals surface area contributed by atoms with Crippen molar-refractivity contribution in [2.24, 2.45) is 0 Å². The summed E-state index contributed by atoms with van der Waals surface area (Å²) in [5, 5.41) is 3.62. The fourth-order valence-corrected chi connectivity index (χ4v) is 3.15. The third-order valence-electron chi connectivity index (χ3n) is 4.46.